The van der Waals surface area contributed by atoms with Gasteiger partial charge in [-0.15, -0.1) is 0 Å². The number of aromatic nitrogens is 2. The third kappa shape index (κ3) is 2.77. The molecular weight excluding hydrogens is 285 g/mol. The van der Waals surface area contributed by atoms with E-state index in [0.717, 1.165) is 11.2 Å². The SMILES string of the molecule is Cc1c(B2OC(C)(C)C(C)(C)O2)cnn1CC(C)(C)[N+](=O)[O-]. The second kappa shape index (κ2) is 5.06. The molecule has 0 spiro atoms. The first-order valence-electron chi connectivity index (χ1n) is 7.40. The summed E-state index contributed by atoms with van der Waals surface area (Å²) in [6.45, 7) is 13.2. The normalized spacial score (nSPS) is 20.4. The molecule has 8 heteroatoms. The highest BCUT2D eigenvalue weighted by Gasteiger charge is 2.52. The Morgan fingerprint density at radius 3 is 2.27 bits per heavy atom. The lowest BCUT2D eigenvalue weighted by atomic mass is 9.79. The molecule has 1 aromatic rings. The first kappa shape index (κ1) is 17.0. The van der Waals surface area contributed by atoms with Crippen LogP contribution in [0.1, 0.15) is 47.2 Å². The average molecular weight is 309 g/mol. The van der Waals surface area contributed by atoms with E-state index in [-0.39, 0.29) is 11.5 Å². The average Bonchev–Trinajstić information content (AvgIpc) is 2.78. The van der Waals surface area contributed by atoms with Crippen LogP contribution in [-0.4, -0.2) is 38.6 Å². The van der Waals surface area contributed by atoms with Crippen LogP contribution >= 0.6 is 0 Å². The van der Waals surface area contributed by atoms with Crippen LogP contribution in [0.2, 0.25) is 0 Å². The van der Waals surface area contributed by atoms with E-state index in [2.05, 4.69) is 5.10 Å². The fraction of sp³-hybridized carbons (Fsp3) is 0.786. The summed E-state index contributed by atoms with van der Waals surface area (Å²) in [5.74, 6) is 0. The van der Waals surface area contributed by atoms with Crippen molar-refractivity contribution in [3.05, 3.63) is 22.0 Å². The molecule has 2 heterocycles. The van der Waals surface area contributed by atoms with Crippen molar-refractivity contribution in [2.45, 2.75) is 71.8 Å². The Kier molecular flexibility index (Phi) is 3.90. The lowest BCUT2D eigenvalue weighted by Gasteiger charge is -2.32. The van der Waals surface area contributed by atoms with Crippen molar-refractivity contribution in [1.82, 2.24) is 9.78 Å². The second-order valence-electron chi connectivity index (χ2n) is 7.50. The Hall–Kier alpha value is -1.41. The minimum absolute atomic E-state index is 0.200. The molecule has 1 saturated heterocycles. The predicted octanol–water partition coefficient (Wildman–Crippen LogP) is 1.55. The van der Waals surface area contributed by atoms with E-state index in [0.29, 0.717) is 0 Å². The van der Waals surface area contributed by atoms with Gasteiger partial charge in [0.25, 0.3) is 0 Å². The zero-order chi connectivity index (χ0) is 16.9. The molecule has 1 fully saturated rings. The van der Waals surface area contributed by atoms with Crippen molar-refractivity contribution in [1.29, 1.82) is 0 Å². The van der Waals surface area contributed by atoms with Gasteiger partial charge in [-0.1, -0.05) is 0 Å². The zero-order valence-electron chi connectivity index (χ0n) is 14.3. The van der Waals surface area contributed by atoms with Crippen molar-refractivity contribution < 1.29 is 14.2 Å². The van der Waals surface area contributed by atoms with Gasteiger partial charge in [0, 0.05) is 36.1 Å². The van der Waals surface area contributed by atoms with Crippen LogP contribution < -0.4 is 5.46 Å². The van der Waals surface area contributed by atoms with Crippen molar-refractivity contribution in [3.63, 3.8) is 0 Å². The highest BCUT2D eigenvalue weighted by atomic mass is 16.7. The monoisotopic (exact) mass is 309 g/mol. The molecule has 1 aliphatic heterocycles. The number of nitro groups is 1. The molecule has 1 aromatic heterocycles. The molecule has 0 amide bonds. The summed E-state index contributed by atoms with van der Waals surface area (Å²) in [4.78, 5) is 10.8. The maximum absolute atomic E-state index is 11.1. The number of nitrogens with zero attached hydrogens (tertiary/aromatic N) is 3. The molecule has 0 aromatic carbocycles. The Labute approximate surface area is 131 Å². The van der Waals surface area contributed by atoms with E-state index in [4.69, 9.17) is 9.31 Å². The predicted molar refractivity (Wildman–Crippen MR) is 83.8 cm³/mol. The molecule has 0 atom stereocenters. The molecule has 0 unspecified atom stereocenters. The molecular formula is C14H24BN3O4. The smallest absolute Gasteiger partial charge is 0.399 e. The van der Waals surface area contributed by atoms with Crippen LogP contribution in [-0.2, 0) is 15.9 Å². The minimum Gasteiger partial charge on any atom is -0.399 e. The van der Waals surface area contributed by atoms with Gasteiger partial charge in [-0.05, 0) is 34.6 Å². The summed E-state index contributed by atoms with van der Waals surface area (Å²) in [6, 6.07) is 0. The highest BCUT2D eigenvalue weighted by molar-refractivity contribution is 6.62. The maximum atomic E-state index is 11.1. The lowest BCUT2D eigenvalue weighted by molar-refractivity contribution is -0.563. The Morgan fingerprint density at radius 1 is 1.32 bits per heavy atom. The molecule has 0 saturated carbocycles. The topological polar surface area (TPSA) is 79.4 Å². The molecule has 22 heavy (non-hydrogen) atoms. The molecule has 1 aliphatic rings. The fourth-order valence-corrected chi connectivity index (χ4v) is 2.25. The van der Waals surface area contributed by atoms with Crippen LogP contribution in [0.25, 0.3) is 0 Å². The summed E-state index contributed by atoms with van der Waals surface area (Å²) in [6.07, 6.45) is 1.67. The summed E-state index contributed by atoms with van der Waals surface area (Å²) >= 11 is 0. The quantitative estimate of drug-likeness (QED) is 0.479. The van der Waals surface area contributed by atoms with Gasteiger partial charge in [-0.25, -0.2) is 0 Å². The molecule has 7 nitrogen and oxygen atoms in total. The van der Waals surface area contributed by atoms with Crippen molar-refractivity contribution in [2.24, 2.45) is 0 Å². The van der Waals surface area contributed by atoms with E-state index < -0.39 is 23.9 Å². The Bertz CT molecular complexity index is 579. The number of rotatable bonds is 4. The first-order valence-corrected chi connectivity index (χ1v) is 7.40. The van der Waals surface area contributed by atoms with Gasteiger partial charge in [0.15, 0.2) is 0 Å². The number of hydrogen-bond donors (Lipinski definition) is 0. The third-order valence-corrected chi connectivity index (χ3v) is 4.68. The minimum atomic E-state index is -1.08. The standard InChI is InChI=1S/C14H24BN3O4/c1-10-11(15-21-13(4,5)14(6,7)22-15)8-16-17(10)9-12(2,3)18(19)20/h8H,9H2,1-7H3. The first-order chi connectivity index (χ1) is 9.87. The van der Waals surface area contributed by atoms with E-state index in [1.54, 1.807) is 24.7 Å². The summed E-state index contributed by atoms with van der Waals surface area (Å²) in [5.41, 5.74) is -0.283. The van der Waals surface area contributed by atoms with E-state index in [9.17, 15) is 10.1 Å². The molecule has 0 bridgehead atoms. The Balaban J connectivity index is 2.25. The van der Waals surface area contributed by atoms with E-state index >= 15 is 0 Å². The van der Waals surface area contributed by atoms with Crippen LogP contribution in [0.15, 0.2) is 6.20 Å². The zero-order valence-corrected chi connectivity index (χ0v) is 14.3. The summed E-state index contributed by atoms with van der Waals surface area (Å²) in [5, 5.41) is 15.4. The van der Waals surface area contributed by atoms with Gasteiger partial charge in [0.2, 0.25) is 5.54 Å². The van der Waals surface area contributed by atoms with Gasteiger partial charge in [-0.2, -0.15) is 5.10 Å². The Morgan fingerprint density at radius 2 is 1.82 bits per heavy atom. The van der Waals surface area contributed by atoms with Crippen LogP contribution in [0.5, 0.6) is 0 Å². The summed E-state index contributed by atoms with van der Waals surface area (Å²) < 4.78 is 13.7. The largest absolute Gasteiger partial charge is 0.498 e. The third-order valence-electron chi connectivity index (χ3n) is 4.68. The summed E-state index contributed by atoms with van der Waals surface area (Å²) in [7, 11) is -0.502. The maximum Gasteiger partial charge on any atom is 0.498 e. The van der Waals surface area contributed by atoms with Crippen molar-refractivity contribution >= 4 is 12.6 Å². The molecule has 122 valence electrons. The fourth-order valence-electron chi connectivity index (χ4n) is 2.25. The van der Waals surface area contributed by atoms with Gasteiger partial charge in [-0.3, -0.25) is 14.8 Å². The molecule has 0 aliphatic carbocycles. The molecule has 0 N–H and O–H groups in total. The molecule has 0 radical (unpaired) electrons. The second-order valence-corrected chi connectivity index (χ2v) is 7.50. The van der Waals surface area contributed by atoms with Crippen molar-refractivity contribution in [2.75, 3.05) is 0 Å². The van der Waals surface area contributed by atoms with Gasteiger partial charge in [0.05, 0.1) is 11.2 Å². The van der Waals surface area contributed by atoms with Crippen molar-refractivity contribution in [3.8, 4) is 0 Å². The van der Waals surface area contributed by atoms with Gasteiger partial charge < -0.3 is 9.31 Å². The van der Waals surface area contributed by atoms with Crippen LogP contribution in [0.4, 0.5) is 0 Å². The lowest BCUT2D eigenvalue weighted by Crippen LogP contribution is -2.41. The van der Waals surface area contributed by atoms with Crippen LogP contribution in [0, 0.1) is 17.0 Å². The van der Waals surface area contributed by atoms with Gasteiger partial charge in [0.1, 0.15) is 6.54 Å². The van der Waals surface area contributed by atoms with E-state index in [1.165, 1.54) is 0 Å². The molecule has 2 rings (SSSR count). The number of hydrogen-bond acceptors (Lipinski definition) is 5. The van der Waals surface area contributed by atoms with Crippen LogP contribution in [0.3, 0.4) is 0 Å². The van der Waals surface area contributed by atoms with E-state index in [1.807, 2.05) is 34.6 Å². The van der Waals surface area contributed by atoms with Gasteiger partial charge >= 0.3 is 7.12 Å². The highest BCUT2D eigenvalue weighted by Crippen LogP contribution is 2.36.